The van der Waals surface area contributed by atoms with Crippen molar-refractivity contribution in [2.75, 3.05) is 0 Å². The number of hydrogen-bond donors (Lipinski definition) is 0. The van der Waals surface area contributed by atoms with Crippen molar-refractivity contribution in [1.29, 1.82) is 0 Å². The molecule has 0 unspecified atom stereocenters. The Morgan fingerprint density at radius 1 is 0.345 bits per heavy atom. The molecule has 0 atom stereocenters. The zero-order valence-electron chi connectivity index (χ0n) is 30.7. The summed E-state index contributed by atoms with van der Waals surface area (Å²) in [6.45, 7) is 4.65. The molecule has 1 aromatic heterocycles. The third-order valence-electron chi connectivity index (χ3n) is 11.9. The molecule has 55 heavy (non-hydrogen) atoms. The molecule has 0 N–H and O–H groups in total. The average molecular weight is 701 g/mol. The summed E-state index contributed by atoms with van der Waals surface area (Å²) in [5.41, 5.74) is 13.7. The molecule has 11 rings (SSSR count). The summed E-state index contributed by atoms with van der Waals surface area (Å²) >= 11 is 0. The molecule has 0 fully saturated rings. The molecule has 1 heterocycles. The zero-order chi connectivity index (χ0) is 36.7. The van der Waals surface area contributed by atoms with E-state index in [4.69, 9.17) is 9.97 Å². The van der Waals surface area contributed by atoms with Gasteiger partial charge in [0.1, 0.15) is 0 Å². The third kappa shape index (κ3) is 4.88. The lowest BCUT2D eigenvalue weighted by Crippen LogP contribution is -2.14. The fraction of sp³-hybridized carbons (Fsp3) is 0.0566. The molecular weight excluding hydrogens is 665 g/mol. The minimum absolute atomic E-state index is 0.116. The Hall–Kier alpha value is -6.90. The molecular formula is C53H36N2. The van der Waals surface area contributed by atoms with E-state index in [9.17, 15) is 0 Å². The second-order valence-corrected chi connectivity index (χ2v) is 15.3. The molecule has 0 saturated heterocycles. The molecule has 1 aliphatic rings. The maximum absolute atomic E-state index is 5.43. The van der Waals surface area contributed by atoms with Crippen LogP contribution in [0.25, 0.3) is 99.2 Å². The van der Waals surface area contributed by atoms with E-state index >= 15 is 0 Å². The Bertz CT molecular complexity index is 3140. The number of rotatable bonds is 4. The van der Waals surface area contributed by atoms with Gasteiger partial charge in [-0.1, -0.05) is 178 Å². The summed E-state index contributed by atoms with van der Waals surface area (Å²) in [5.74, 6) is 0.730. The van der Waals surface area contributed by atoms with Crippen LogP contribution in [0.5, 0.6) is 0 Å². The zero-order valence-corrected chi connectivity index (χ0v) is 30.7. The van der Waals surface area contributed by atoms with Crippen molar-refractivity contribution in [2.24, 2.45) is 0 Å². The van der Waals surface area contributed by atoms with E-state index in [1.807, 2.05) is 0 Å². The summed E-state index contributed by atoms with van der Waals surface area (Å²) < 4.78 is 0. The minimum atomic E-state index is -0.116. The topological polar surface area (TPSA) is 25.8 Å². The smallest absolute Gasteiger partial charge is 0.160 e. The molecule has 258 valence electrons. The van der Waals surface area contributed by atoms with E-state index in [2.05, 4.69) is 196 Å². The van der Waals surface area contributed by atoms with Gasteiger partial charge in [0.15, 0.2) is 5.82 Å². The van der Waals surface area contributed by atoms with Crippen LogP contribution in [-0.4, -0.2) is 9.97 Å². The molecule has 0 aliphatic heterocycles. The Labute approximate surface area is 320 Å². The molecule has 0 bridgehead atoms. The Morgan fingerprint density at radius 2 is 0.855 bits per heavy atom. The van der Waals surface area contributed by atoms with Gasteiger partial charge in [-0.15, -0.1) is 0 Å². The van der Waals surface area contributed by atoms with Crippen molar-refractivity contribution in [1.82, 2.24) is 9.97 Å². The van der Waals surface area contributed by atoms with Crippen molar-refractivity contribution >= 4 is 43.2 Å². The number of nitrogens with zero attached hydrogens (tertiary/aromatic N) is 2. The molecule has 1 aliphatic carbocycles. The van der Waals surface area contributed by atoms with E-state index in [1.54, 1.807) is 0 Å². The molecule has 0 spiro atoms. The van der Waals surface area contributed by atoms with Crippen LogP contribution in [0.3, 0.4) is 0 Å². The third-order valence-corrected chi connectivity index (χ3v) is 11.9. The Balaban J connectivity index is 1.06. The summed E-state index contributed by atoms with van der Waals surface area (Å²) in [7, 11) is 0. The second kappa shape index (κ2) is 12.1. The number of hydrogen-bond acceptors (Lipinski definition) is 2. The van der Waals surface area contributed by atoms with Crippen LogP contribution >= 0.6 is 0 Å². The lowest BCUT2D eigenvalue weighted by atomic mass is 9.82. The highest BCUT2D eigenvalue weighted by atomic mass is 14.9. The molecule has 0 saturated carbocycles. The summed E-state index contributed by atoms with van der Waals surface area (Å²) in [4.78, 5) is 10.8. The molecule has 0 amide bonds. The lowest BCUT2D eigenvalue weighted by molar-refractivity contribution is 0.661. The van der Waals surface area contributed by atoms with Crippen LogP contribution in [0, 0.1) is 0 Å². The van der Waals surface area contributed by atoms with E-state index in [-0.39, 0.29) is 5.41 Å². The monoisotopic (exact) mass is 700 g/mol. The quantitative estimate of drug-likeness (QED) is 0.171. The van der Waals surface area contributed by atoms with E-state index in [0.717, 1.165) is 44.7 Å². The first-order chi connectivity index (χ1) is 27.0. The number of fused-ring (bicyclic) bond motifs is 11. The van der Waals surface area contributed by atoms with Gasteiger partial charge in [0.25, 0.3) is 0 Å². The highest BCUT2D eigenvalue weighted by molar-refractivity contribution is 6.25. The maximum Gasteiger partial charge on any atom is 0.160 e. The van der Waals surface area contributed by atoms with Crippen LogP contribution in [-0.2, 0) is 5.41 Å². The highest BCUT2D eigenvalue weighted by Crippen LogP contribution is 2.51. The Morgan fingerprint density at radius 3 is 1.55 bits per heavy atom. The van der Waals surface area contributed by atoms with Gasteiger partial charge in [-0.2, -0.15) is 0 Å². The fourth-order valence-electron chi connectivity index (χ4n) is 9.13. The first-order valence-corrected chi connectivity index (χ1v) is 19.1. The molecule has 0 radical (unpaired) electrons. The lowest BCUT2D eigenvalue weighted by Gasteiger charge is -2.21. The van der Waals surface area contributed by atoms with Gasteiger partial charge in [-0.3, -0.25) is 0 Å². The first kappa shape index (κ1) is 31.6. The summed E-state index contributed by atoms with van der Waals surface area (Å²) in [6.07, 6.45) is 0. The molecule has 2 nitrogen and oxygen atoms in total. The van der Waals surface area contributed by atoms with Crippen LogP contribution < -0.4 is 0 Å². The normalized spacial score (nSPS) is 13.1. The van der Waals surface area contributed by atoms with Gasteiger partial charge in [0, 0.05) is 27.5 Å². The van der Waals surface area contributed by atoms with Crippen LogP contribution in [0.15, 0.2) is 182 Å². The SMILES string of the molecule is CC1(C)c2ccccc2-c2c1ccc1c(-c3ccccc3)nc(-c3cccc(-c4cccc(-c5ccc6c7ccccc7c7ccccc7c6c5)c4)c3)nc21. The predicted molar refractivity (Wildman–Crippen MR) is 231 cm³/mol. The van der Waals surface area contributed by atoms with Crippen LogP contribution in [0.4, 0.5) is 0 Å². The van der Waals surface area contributed by atoms with E-state index < -0.39 is 0 Å². The molecule has 9 aromatic carbocycles. The molecule has 10 aromatic rings. The van der Waals surface area contributed by atoms with E-state index in [1.165, 1.54) is 65.7 Å². The van der Waals surface area contributed by atoms with Gasteiger partial charge in [-0.25, -0.2) is 9.97 Å². The van der Waals surface area contributed by atoms with Gasteiger partial charge >= 0.3 is 0 Å². The largest absolute Gasteiger partial charge is 0.227 e. The number of benzene rings is 9. The number of aromatic nitrogens is 2. The van der Waals surface area contributed by atoms with Gasteiger partial charge < -0.3 is 0 Å². The van der Waals surface area contributed by atoms with Crippen molar-refractivity contribution < 1.29 is 0 Å². The van der Waals surface area contributed by atoms with Crippen LogP contribution in [0.1, 0.15) is 25.0 Å². The summed E-state index contributed by atoms with van der Waals surface area (Å²) in [5, 5.41) is 8.79. The predicted octanol–water partition coefficient (Wildman–Crippen LogP) is 14.1. The maximum atomic E-state index is 5.43. The Kier molecular flexibility index (Phi) is 6.93. The fourth-order valence-corrected chi connectivity index (χ4v) is 9.13. The van der Waals surface area contributed by atoms with Gasteiger partial charge in [0.2, 0.25) is 0 Å². The average Bonchev–Trinajstić information content (AvgIpc) is 3.49. The summed E-state index contributed by atoms with van der Waals surface area (Å²) in [6, 6.07) is 65.9. The standard InChI is InChI=1S/C53H36N2/c1-53(2)47-25-11-10-24-44(47)49-48(53)29-28-45-50(33-14-4-3-5-15-33)54-52(55-51(45)49)38-19-13-18-36(31-38)34-16-12-17-35(30-34)37-26-27-43-41-22-7-6-20-39(41)40-21-8-9-23-42(40)46(43)32-37/h3-32H,1-2H3. The molecule has 2 heteroatoms. The van der Waals surface area contributed by atoms with Gasteiger partial charge in [-0.05, 0) is 89.5 Å². The van der Waals surface area contributed by atoms with E-state index in [0.29, 0.717) is 0 Å². The van der Waals surface area contributed by atoms with Crippen molar-refractivity contribution in [2.45, 2.75) is 19.3 Å². The van der Waals surface area contributed by atoms with Crippen LogP contribution in [0.2, 0.25) is 0 Å². The first-order valence-electron chi connectivity index (χ1n) is 19.1. The van der Waals surface area contributed by atoms with Gasteiger partial charge in [0.05, 0.1) is 11.2 Å². The van der Waals surface area contributed by atoms with Crippen molar-refractivity contribution in [3.63, 3.8) is 0 Å². The minimum Gasteiger partial charge on any atom is -0.227 e. The second-order valence-electron chi connectivity index (χ2n) is 15.3. The van der Waals surface area contributed by atoms with Crippen molar-refractivity contribution in [3.8, 4) is 56.0 Å². The highest BCUT2D eigenvalue weighted by Gasteiger charge is 2.37. The van der Waals surface area contributed by atoms with Crippen molar-refractivity contribution in [3.05, 3.63) is 193 Å².